The summed E-state index contributed by atoms with van der Waals surface area (Å²) in [5.74, 6) is 0.0105. The predicted octanol–water partition coefficient (Wildman–Crippen LogP) is 2.48. The normalized spacial score (nSPS) is 15.2. The van der Waals surface area contributed by atoms with E-state index < -0.39 is 0 Å². The monoisotopic (exact) mass is 549 g/mol. The molecule has 1 atom stereocenters. The molecular formula is C29H47N3O7. The predicted molar refractivity (Wildman–Crippen MR) is 149 cm³/mol. The molecule has 1 aliphatic heterocycles. The fourth-order valence-corrected chi connectivity index (χ4v) is 4.07. The van der Waals surface area contributed by atoms with Crippen LogP contribution in [-0.2, 0) is 28.5 Å². The third-order valence-electron chi connectivity index (χ3n) is 6.29. The van der Waals surface area contributed by atoms with Crippen LogP contribution in [0.15, 0.2) is 24.3 Å². The van der Waals surface area contributed by atoms with Gasteiger partial charge in [0, 0.05) is 44.1 Å². The number of carbonyl (C=O) groups excluding carboxylic acids is 3. The standard InChI is InChI=1S/C29H47N3O7/c1-3-4-7-27(33)30-13-16-37-18-20-39-22-21-38-19-17-36-15-12-28(34)31-26-6-5-14-32(23-26)29(35)25-10-8-24(2)9-11-25/h8-11,26H,3-7,12-23H2,1-2H3,(H,30,33)(H,31,34). The van der Waals surface area contributed by atoms with E-state index in [0.717, 1.165) is 31.2 Å². The number of aryl methyl sites for hydroxylation is 1. The highest BCUT2D eigenvalue weighted by Crippen LogP contribution is 2.15. The van der Waals surface area contributed by atoms with Crippen molar-refractivity contribution in [1.29, 1.82) is 0 Å². The molecule has 0 saturated carbocycles. The molecule has 0 spiro atoms. The fourth-order valence-electron chi connectivity index (χ4n) is 4.07. The maximum Gasteiger partial charge on any atom is 0.253 e. The number of rotatable bonds is 20. The number of hydrogen-bond acceptors (Lipinski definition) is 7. The summed E-state index contributed by atoms with van der Waals surface area (Å²) in [7, 11) is 0. The highest BCUT2D eigenvalue weighted by molar-refractivity contribution is 5.94. The highest BCUT2D eigenvalue weighted by Gasteiger charge is 2.25. The van der Waals surface area contributed by atoms with Crippen LogP contribution in [0.3, 0.4) is 0 Å². The first kappa shape index (κ1) is 32.7. The van der Waals surface area contributed by atoms with Gasteiger partial charge in [0.15, 0.2) is 0 Å². The molecule has 0 radical (unpaired) electrons. The van der Waals surface area contributed by atoms with Crippen molar-refractivity contribution in [1.82, 2.24) is 15.5 Å². The van der Waals surface area contributed by atoms with Gasteiger partial charge in [-0.15, -0.1) is 0 Å². The van der Waals surface area contributed by atoms with Crippen LogP contribution in [0.5, 0.6) is 0 Å². The zero-order valence-corrected chi connectivity index (χ0v) is 23.7. The minimum atomic E-state index is -0.0694. The fraction of sp³-hybridized carbons (Fsp3) is 0.690. The summed E-state index contributed by atoms with van der Waals surface area (Å²) in [4.78, 5) is 38.3. The Labute approximate surface area is 233 Å². The molecule has 2 N–H and O–H groups in total. The molecule has 1 aliphatic rings. The second-order valence-electron chi connectivity index (χ2n) is 9.68. The van der Waals surface area contributed by atoms with Gasteiger partial charge in [0.2, 0.25) is 11.8 Å². The average molecular weight is 550 g/mol. The number of carbonyl (C=O) groups is 3. The van der Waals surface area contributed by atoms with Crippen molar-refractivity contribution in [3.63, 3.8) is 0 Å². The van der Waals surface area contributed by atoms with Crippen LogP contribution in [0.25, 0.3) is 0 Å². The SMILES string of the molecule is CCCCC(=O)NCCOCCOCCOCCOCCC(=O)NC1CCCN(C(=O)c2ccc(C)cc2)C1. The lowest BCUT2D eigenvalue weighted by Crippen LogP contribution is -2.49. The number of nitrogens with one attached hydrogen (secondary N) is 2. The molecule has 39 heavy (non-hydrogen) atoms. The van der Waals surface area contributed by atoms with Crippen molar-refractivity contribution in [2.75, 3.05) is 72.5 Å². The van der Waals surface area contributed by atoms with Crippen molar-refractivity contribution in [3.05, 3.63) is 35.4 Å². The van der Waals surface area contributed by atoms with E-state index in [4.69, 9.17) is 18.9 Å². The summed E-state index contributed by atoms with van der Waals surface area (Å²) in [6, 6.07) is 7.55. The second kappa shape index (κ2) is 20.4. The number of ether oxygens (including phenoxy) is 4. The van der Waals surface area contributed by atoms with E-state index in [9.17, 15) is 14.4 Å². The maximum atomic E-state index is 12.8. The van der Waals surface area contributed by atoms with Crippen molar-refractivity contribution < 1.29 is 33.3 Å². The molecule has 1 aromatic rings. The van der Waals surface area contributed by atoms with E-state index >= 15 is 0 Å². The van der Waals surface area contributed by atoms with Gasteiger partial charge in [-0.1, -0.05) is 31.0 Å². The molecule has 3 amide bonds. The minimum Gasteiger partial charge on any atom is -0.379 e. The summed E-state index contributed by atoms with van der Waals surface area (Å²) in [6.45, 7) is 9.29. The van der Waals surface area contributed by atoms with E-state index in [2.05, 4.69) is 17.6 Å². The molecule has 1 heterocycles. The Balaban J connectivity index is 1.39. The van der Waals surface area contributed by atoms with Gasteiger partial charge < -0.3 is 34.5 Å². The van der Waals surface area contributed by atoms with Gasteiger partial charge in [-0.05, 0) is 38.3 Å². The van der Waals surface area contributed by atoms with Crippen molar-refractivity contribution in [2.24, 2.45) is 0 Å². The summed E-state index contributed by atoms with van der Waals surface area (Å²) in [6.07, 6.45) is 4.49. The molecule has 2 rings (SSSR count). The van der Waals surface area contributed by atoms with Crippen LogP contribution in [0.4, 0.5) is 0 Å². The third kappa shape index (κ3) is 15.0. The average Bonchev–Trinajstić information content (AvgIpc) is 2.94. The van der Waals surface area contributed by atoms with Crippen LogP contribution < -0.4 is 10.6 Å². The first-order valence-corrected chi connectivity index (χ1v) is 14.2. The lowest BCUT2D eigenvalue weighted by atomic mass is 10.0. The molecule has 220 valence electrons. The van der Waals surface area contributed by atoms with E-state index in [0.29, 0.717) is 84.5 Å². The number of amides is 3. The van der Waals surface area contributed by atoms with Crippen molar-refractivity contribution >= 4 is 17.7 Å². The number of likely N-dealkylation sites (tertiary alicyclic amines) is 1. The molecule has 10 nitrogen and oxygen atoms in total. The van der Waals surface area contributed by atoms with Crippen molar-refractivity contribution in [3.8, 4) is 0 Å². The topological polar surface area (TPSA) is 115 Å². The Kier molecular flexibility index (Phi) is 17.1. The molecular weight excluding hydrogens is 502 g/mol. The summed E-state index contributed by atoms with van der Waals surface area (Å²) in [5.41, 5.74) is 1.80. The Morgan fingerprint density at radius 3 is 2.10 bits per heavy atom. The Morgan fingerprint density at radius 2 is 1.46 bits per heavy atom. The maximum absolute atomic E-state index is 12.8. The van der Waals surface area contributed by atoms with E-state index in [1.165, 1.54) is 0 Å². The van der Waals surface area contributed by atoms with Gasteiger partial charge in [0.1, 0.15) is 0 Å². The molecule has 1 aromatic carbocycles. The van der Waals surface area contributed by atoms with Crippen molar-refractivity contribution in [2.45, 2.75) is 58.4 Å². The van der Waals surface area contributed by atoms with Crippen LogP contribution >= 0.6 is 0 Å². The molecule has 0 aliphatic carbocycles. The molecule has 0 bridgehead atoms. The van der Waals surface area contributed by atoms with Gasteiger partial charge in [-0.25, -0.2) is 0 Å². The number of unbranched alkanes of at least 4 members (excludes halogenated alkanes) is 1. The van der Waals surface area contributed by atoms with E-state index in [1.807, 2.05) is 36.1 Å². The highest BCUT2D eigenvalue weighted by atomic mass is 16.6. The largest absolute Gasteiger partial charge is 0.379 e. The Morgan fingerprint density at radius 1 is 0.846 bits per heavy atom. The number of benzene rings is 1. The lowest BCUT2D eigenvalue weighted by Gasteiger charge is -2.33. The van der Waals surface area contributed by atoms with E-state index in [1.54, 1.807) is 0 Å². The van der Waals surface area contributed by atoms with E-state index in [-0.39, 0.29) is 30.2 Å². The van der Waals surface area contributed by atoms with Gasteiger partial charge in [0.05, 0.1) is 52.9 Å². The number of hydrogen-bond donors (Lipinski definition) is 2. The smallest absolute Gasteiger partial charge is 0.253 e. The summed E-state index contributed by atoms with van der Waals surface area (Å²) < 4.78 is 21.8. The van der Waals surface area contributed by atoms with Crippen LogP contribution in [-0.4, -0.2) is 101 Å². The van der Waals surface area contributed by atoms with Gasteiger partial charge in [0.25, 0.3) is 5.91 Å². The Hall–Kier alpha value is -2.53. The first-order valence-electron chi connectivity index (χ1n) is 14.2. The molecule has 1 unspecified atom stereocenters. The number of nitrogens with zero attached hydrogens (tertiary/aromatic N) is 1. The molecule has 1 saturated heterocycles. The quantitative estimate of drug-likeness (QED) is 0.240. The molecule has 0 aromatic heterocycles. The lowest BCUT2D eigenvalue weighted by molar-refractivity contribution is -0.123. The third-order valence-corrected chi connectivity index (χ3v) is 6.29. The summed E-state index contributed by atoms with van der Waals surface area (Å²) >= 11 is 0. The number of piperidine rings is 1. The van der Waals surface area contributed by atoms with Crippen LogP contribution in [0.2, 0.25) is 0 Å². The van der Waals surface area contributed by atoms with Crippen LogP contribution in [0, 0.1) is 6.92 Å². The van der Waals surface area contributed by atoms with Gasteiger partial charge in [-0.3, -0.25) is 14.4 Å². The zero-order chi connectivity index (χ0) is 28.1. The zero-order valence-electron chi connectivity index (χ0n) is 23.7. The van der Waals surface area contributed by atoms with Gasteiger partial charge in [-0.2, -0.15) is 0 Å². The minimum absolute atomic E-state index is 0.0100. The first-order chi connectivity index (χ1) is 19.0. The molecule has 1 fully saturated rings. The van der Waals surface area contributed by atoms with Gasteiger partial charge >= 0.3 is 0 Å². The Bertz CT molecular complexity index is 835. The molecule has 10 heteroatoms. The second-order valence-corrected chi connectivity index (χ2v) is 9.68. The van der Waals surface area contributed by atoms with Crippen LogP contribution in [0.1, 0.15) is 61.4 Å². The summed E-state index contributed by atoms with van der Waals surface area (Å²) in [5, 5.41) is 5.86.